The highest BCUT2D eigenvalue weighted by Gasteiger charge is 2.17. The first kappa shape index (κ1) is 10.0. The Morgan fingerprint density at radius 1 is 1.69 bits per heavy atom. The van der Waals surface area contributed by atoms with Gasteiger partial charge in [-0.15, -0.1) is 0 Å². The second-order valence-electron chi connectivity index (χ2n) is 2.49. The van der Waals surface area contributed by atoms with Crippen molar-refractivity contribution in [2.75, 3.05) is 14.2 Å². The minimum absolute atomic E-state index is 0.0897. The zero-order chi connectivity index (χ0) is 9.84. The molecule has 1 rings (SSSR count). The summed E-state index contributed by atoms with van der Waals surface area (Å²) in [6.07, 6.45) is 0.178. The molecule has 0 fully saturated rings. The molecule has 0 bridgehead atoms. The summed E-state index contributed by atoms with van der Waals surface area (Å²) in [4.78, 5) is 8.12. The monoisotopic (exact) mass is 186 g/mol. The van der Waals surface area contributed by atoms with Gasteiger partial charge in [-0.05, 0) is 12.1 Å². The van der Waals surface area contributed by atoms with Crippen LogP contribution in [0.1, 0.15) is 11.8 Å². The van der Waals surface area contributed by atoms with Crippen LogP contribution < -0.4 is 0 Å². The zero-order valence-electron chi connectivity index (χ0n) is 7.44. The third-order valence-electron chi connectivity index (χ3n) is 1.70. The van der Waals surface area contributed by atoms with Crippen molar-refractivity contribution in [2.24, 2.45) is 0 Å². The lowest BCUT2D eigenvalue weighted by Crippen LogP contribution is -2.24. The largest absolute Gasteiger partial charge is 0.372 e. The minimum atomic E-state index is -1.14. The van der Waals surface area contributed by atoms with E-state index in [9.17, 15) is 9.50 Å². The number of rotatable bonds is 3. The second-order valence-corrected chi connectivity index (χ2v) is 2.49. The minimum Gasteiger partial charge on any atom is -0.372 e. The predicted molar refractivity (Wildman–Crippen MR) is 43.9 cm³/mol. The molecule has 1 atom stereocenters. The van der Waals surface area contributed by atoms with Gasteiger partial charge in [0.05, 0.1) is 12.7 Å². The van der Waals surface area contributed by atoms with E-state index >= 15 is 0 Å². The summed E-state index contributed by atoms with van der Waals surface area (Å²) >= 11 is 0. The van der Waals surface area contributed by atoms with Crippen molar-refractivity contribution in [2.45, 2.75) is 6.23 Å². The van der Waals surface area contributed by atoms with Crippen LogP contribution in [0.5, 0.6) is 0 Å². The molecule has 0 aliphatic heterocycles. The van der Waals surface area contributed by atoms with Gasteiger partial charge in [-0.25, -0.2) is 4.98 Å². The first-order valence-corrected chi connectivity index (χ1v) is 3.72. The van der Waals surface area contributed by atoms with Crippen molar-refractivity contribution >= 4 is 0 Å². The fourth-order valence-corrected chi connectivity index (χ4v) is 0.887. The Kier molecular flexibility index (Phi) is 3.30. The number of hydrogen-bond acceptors (Lipinski definition) is 4. The molecule has 0 spiro atoms. The van der Waals surface area contributed by atoms with Crippen LogP contribution in [0, 0.1) is 5.95 Å². The van der Waals surface area contributed by atoms with Gasteiger partial charge in [0.15, 0.2) is 6.23 Å². The highest BCUT2D eigenvalue weighted by Crippen LogP contribution is 2.17. The molecular formula is C8H11FN2O2. The molecule has 13 heavy (non-hydrogen) atoms. The van der Waals surface area contributed by atoms with Crippen molar-refractivity contribution in [1.29, 1.82) is 0 Å². The summed E-state index contributed by atoms with van der Waals surface area (Å²) in [7, 11) is 2.88. The fraction of sp³-hybridized carbons (Fsp3) is 0.375. The zero-order valence-corrected chi connectivity index (χ0v) is 7.44. The quantitative estimate of drug-likeness (QED) is 0.429. The number of halogens is 1. The van der Waals surface area contributed by atoms with Gasteiger partial charge in [-0.3, -0.25) is 4.84 Å². The van der Waals surface area contributed by atoms with E-state index in [1.807, 2.05) is 0 Å². The third-order valence-corrected chi connectivity index (χ3v) is 1.70. The number of nitrogens with zero attached hydrogens (tertiary/aromatic N) is 2. The standard InChI is InChI=1S/C8H11FN2O2/c1-11(13-2)8(12)6-4-3-5-10-7(6)9/h3-5,8,12H,1-2H3. The van der Waals surface area contributed by atoms with Gasteiger partial charge >= 0.3 is 0 Å². The molecule has 1 unspecified atom stereocenters. The maximum Gasteiger partial charge on any atom is 0.220 e. The van der Waals surface area contributed by atoms with E-state index in [-0.39, 0.29) is 5.56 Å². The van der Waals surface area contributed by atoms with Crippen molar-refractivity contribution < 1.29 is 14.3 Å². The highest BCUT2D eigenvalue weighted by atomic mass is 19.1. The van der Waals surface area contributed by atoms with E-state index in [4.69, 9.17) is 4.84 Å². The van der Waals surface area contributed by atoms with Crippen LogP contribution in [0.15, 0.2) is 18.3 Å². The Morgan fingerprint density at radius 3 is 2.92 bits per heavy atom. The average molecular weight is 186 g/mol. The predicted octanol–water partition coefficient (Wildman–Crippen LogP) is 0.705. The normalized spacial score (nSPS) is 13.3. The lowest BCUT2D eigenvalue weighted by Gasteiger charge is -2.20. The van der Waals surface area contributed by atoms with Gasteiger partial charge in [0.1, 0.15) is 0 Å². The molecule has 0 aliphatic rings. The lowest BCUT2D eigenvalue weighted by molar-refractivity contribution is -0.207. The Morgan fingerprint density at radius 2 is 2.38 bits per heavy atom. The summed E-state index contributed by atoms with van der Waals surface area (Å²) in [6.45, 7) is 0. The molecule has 0 radical (unpaired) electrons. The van der Waals surface area contributed by atoms with Crippen LogP contribution in [-0.4, -0.2) is 29.3 Å². The Bertz CT molecular complexity index is 283. The molecule has 0 saturated carbocycles. The summed E-state index contributed by atoms with van der Waals surface area (Å²) in [5, 5.41) is 10.6. The summed E-state index contributed by atoms with van der Waals surface area (Å²) in [5.74, 6) is -0.695. The molecule has 0 saturated heterocycles. The van der Waals surface area contributed by atoms with E-state index in [2.05, 4.69) is 4.98 Å². The first-order chi connectivity index (χ1) is 6.16. The molecule has 5 heteroatoms. The van der Waals surface area contributed by atoms with Crippen molar-refractivity contribution in [3.05, 3.63) is 29.8 Å². The van der Waals surface area contributed by atoms with Gasteiger partial charge in [0, 0.05) is 13.2 Å². The SMILES string of the molecule is CON(C)C(O)c1cccnc1F. The van der Waals surface area contributed by atoms with E-state index in [1.165, 1.54) is 26.4 Å². The van der Waals surface area contributed by atoms with Crippen molar-refractivity contribution in [1.82, 2.24) is 10.0 Å². The summed E-state index contributed by atoms with van der Waals surface area (Å²) in [5.41, 5.74) is 0.0897. The molecule has 72 valence electrons. The van der Waals surface area contributed by atoms with Crippen LogP contribution in [0.3, 0.4) is 0 Å². The average Bonchev–Trinajstić information content (AvgIpc) is 2.16. The van der Waals surface area contributed by atoms with Gasteiger partial charge in [-0.2, -0.15) is 9.45 Å². The maximum absolute atomic E-state index is 13.0. The van der Waals surface area contributed by atoms with E-state index in [0.29, 0.717) is 0 Å². The summed E-state index contributed by atoms with van der Waals surface area (Å²) in [6, 6.07) is 2.99. The molecule has 1 N–H and O–H groups in total. The van der Waals surface area contributed by atoms with Crippen molar-refractivity contribution in [3.63, 3.8) is 0 Å². The first-order valence-electron chi connectivity index (χ1n) is 3.72. The van der Waals surface area contributed by atoms with Gasteiger partial charge in [0.2, 0.25) is 5.95 Å². The van der Waals surface area contributed by atoms with Gasteiger partial charge in [-0.1, -0.05) is 0 Å². The number of aromatic nitrogens is 1. The molecule has 1 aromatic heterocycles. The molecule has 0 aromatic carbocycles. The van der Waals surface area contributed by atoms with E-state index in [0.717, 1.165) is 5.06 Å². The number of aliphatic hydroxyl groups is 1. The number of pyridine rings is 1. The molecule has 1 heterocycles. The molecule has 0 amide bonds. The van der Waals surface area contributed by atoms with Crippen molar-refractivity contribution in [3.8, 4) is 0 Å². The Labute approximate surface area is 75.5 Å². The van der Waals surface area contributed by atoms with Crippen LogP contribution in [0.25, 0.3) is 0 Å². The van der Waals surface area contributed by atoms with E-state index < -0.39 is 12.2 Å². The topological polar surface area (TPSA) is 45.6 Å². The maximum atomic E-state index is 13.0. The lowest BCUT2D eigenvalue weighted by atomic mass is 10.2. The van der Waals surface area contributed by atoms with Crippen LogP contribution in [0.4, 0.5) is 4.39 Å². The molecular weight excluding hydrogens is 175 g/mol. The van der Waals surface area contributed by atoms with Crippen LogP contribution in [0.2, 0.25) is 0 Å². The number of hydrogen-bond donors (Lipinski definition) is 1. The van der Waals surface area contributed by atoms with Crippen LogP contribution in [-0.2, 0) is 4.84 Å². The van der Waals surface area contributed by atoms with E-state index in [1.54, 1.807) is 6.07 Å². The van der Waals surface area contributed by atoms with Gasteiger partial charge in [0.25, 0.3) is 0 Å². The Hall–Kier alpha value is -1.04. The highest BCUT2D eigenvalue weighted by molar-refractivity contribution is 5.12. The molecule has 4 nitrogen and oxygen atoms in total. The van der Waals surface area contributed by atoms with Crippen LogP contribution >= 0.6 is 0 Å². The molecule has 0 aliphatic carbocycles. The van der Waals surface area contributed by atoms with Gasteiger partial charge < -0.3 is 5.11 Å². The smallest absolute Gasteiger partial charge is 0.220 e. The fourth-order valence-electron chi connectivity index (χ4n) is 0.887. The second kappa shape index (κ2) is 4.27. The third kappa shape index (κ3) is 2.21. The number of aliphatic hydroxyl groups excluding tert-OH is 1. The Balaban J connectivity index is 2.88. The number of hydroxylamine groups is 2. The molecule has 1 aromatic rings. The summed E-state index contributed by atoms with van der Waals surface area (Å²) < 4.78 is 13.0.